The monoisotopic (exact) mass is 408 g/mol. The summed E-state index contributed by atoms with van der Waals surface area (Å²) in [6, 6.07) is 6.04. The quantitative estimate of drug-likeness (QED) is 0.512. The van der Waals surface area contributed by atoms with Gasteiger partial charge in [0.25, 0.3) is 11.6 Å². The van der Waals surface area contributed by atoms with Gasteiger partial charge < -0.3 is 10.6 Å². The molecule has 0 aliphatic heterocycles. The number of amides is 2. The zero-order chi connectivity index (χ0) is 19.8. The number of thioether (sulfide) groups is 1. The summed E-state index contributed by atoms with van der Waals surface area (Å²) in [7, 11) is 0. The number of nitrogens with one attached hydrogen (secondary N) is 2. The van der Waals surface area contributed by atoms with Crippen LogP contribution in [0.1, 0.15) is 16.8 Å². The Hall–Kier alpha value is -2.65. The van der Waals surface area contributed by atoms with Crippen molar-refractivity contribution >= 4 is 46.6 Å². The Kier molecular flexibility index (Phi) is 7.56. The third kappa shape index (κ3) is 5.93. The standard InChI is InChI=1S/C17H17ClN4O4S/c1-27-9-6-15(17(24)20-11-4-7-19-8-5-11)21-16(23)13-3-2-12(22(25)26)10-14(13)18/h2-5,7-8,10,15H,6,9H2,1H3,(H,21,23)(H,19,20,24)/t15-/m1/s1. The number of nitro benzene ring substituents is 1. The number of carbonyl (C=O) groups is 2. The van der Waals surface area contributed by atoms with Crippen LogP contribution in [0.5, 0.6) is 0 Å². The first-order chi connectivity index (χ1) is 12.9. The summed E-state index contributed by atoms with van der Waals surface area (Å²) in [5.74, 6) is -0.296. The zero-order valence-corrected chi connectivity index (χ0v) is 15.9. The number of halogens is 1. The molecule has 2 aromatic rings. The SMILES string of the molecule is CSCC[C@@H](NC(=O)c1ccc([N+](=O)[O-])cc1Cl)C(=O)Nc1ccncc1. The highest BCUT2D eigenvalue weighted by atomic mass is 35.5. The van der Waals surface area contributed by atoms with Crippen LogP contribution in [0.15, 0.2) is 42.7 Å². The fourth-order valence-electron chi connectivity index (χ4n) is 2.21. The predicted molar refractivity (Wildman–Crippen MR) is 105 cm³/mol. The van der Waals surface area contributed by atoms with Crippen molar-refractivity contribution in [3.05, 3.63) is 63.4 Å². The van der Waals surface area contributed by atoms with Crippen molar-refractivity contribution in [3.63, 3.8) is 0 Å². The molecular weight excluding hydrogens is 392 g/mol. The first-order valence-electron chi connectivity index (χ1n) is 7.87. The number of rotatable bonds is 8. The molecule has 0 unspecified atom stereocenters. The molecule has 1 heterocycles. The van der Waals surface area contributed by atoms with Crippen LogP contribution in [0.3, 0.4) is 0 Å². The summed E-state index contributed by atoms with van der Waals surface area (Å²) in [6.07, 6.45) is 5.39. The number of nitro groups is 1. The molecule has 0 bridgehead atoms. The van der Waals surface area contributed by atoms with E-state index in [1.807, 2.05) is 6.26 Å². The van der Waals surface area contributed by atoms with Crippen molar-refractivity contribution < 1.29 is 14.5 Å². The van der Waals surface area contributed by atoms with E-state index in [9.17, 15) is 19.7 Å². The molecule has 0 spiro atoms. The average molecular weight is 409 g/mol. The molecule has 8 nitrogen and oxygen atoms in total. The minimum atomic E-state index is -0.788. The highest BCUT2D eigenvalue weighted by Crippen LogP contribution is 2.22. The molecule has 0 aliphatic rings. The first kappa shape index (κ1) is 20.7. The summed E-state index contributed by atoms with van der Waals surface area (Å²) < 4.78 is 0. The van der Waals surface area contributed by atoms with Crippen LogP contribution in [0.25, 0.3) is 0 Å². The molecule has 142 valence electrons. The van der Waals surface area contributed by atoms with Gasteiger partial charge in [0.1, 0.15) is 6.04 Å². The molecule has 0 fully saturated rings. The lowest BCUT2D eigenvalue weighted by atomic mass is 10.1. The molecule has 0 saturated carbocycles. The van der Waals surface area contributed by atoms with Crippen LogP contribution in [-0.2, 0) is 4.79 Å². The number of carbonyl (C=O) groups excluding carboxylic acids is 2. The molecule has 0 aliphatic carbocycles. The number of hydrogen-bond donors (Lipinski definition) is 2. The normalized spacial score (nSPS) is 11.5. The van der Waals surface area contributed by atoms with Gasteiger partial charge in [-0.3, -0.25) is 24.7 Å². The maximum absolute atomic E-state index is 12.5. The van der Waals surface area contributed by atoms with E-state index in [0.717, 1.165) is 6.07 Å². The number of hydrogen-bond acceptors (Lipinski definition) is 6. The van der Waals surface area contributed by atoms with E-state index in [-0.39, 0.29) is 22.2 Å². The molecular formula is C17H17ClN4O4S. The van der Waals surface area contributed by atoms with Crippen molar-refractivity contribution in [1.82, 2.24) is 10.3 Å². The summed E-state index contributed by atoms with van der Waals surface area (Å²) in [5, 5.41) is 16.1. The van der Waals surface area contributed by atoms with E-state index in [2.05, 4.69) is 15.6 Å². The van der Waals surface area contributed by atoms with Crippen LogP contribution in [0, 0.1) is 10.1 Å². The number of pyridine rings is 1. The van der Waals surface area contributed by atoms with Gasteiger partial charge in [0.2, 0.25) is 5.91 Å². The molecule has 1 aromatic carbocycles. The number of nitrogens with zero attached hydrogens (tertiary/aromatic N) is 2. The maximum Gasteiger partial charge on any atom is 0.270 e. The summed E-state index contributed by atoms with van der Waals surface area (Å²) in [5.41, 5.74) is 0.408. The van der Waals surface area contributed by atoms with E-state index in [0.29, 0.717) is 17.9 Å². The highest BCUT2D eigenvalue weighted by Gasteiger charge is 2.23. The van der Waals surface area contributed by atoms with E-state index in [1.54, 1.807) is 36.3 Å². The first-order valence-corrected chi connectivity index (χ1v) is 9.64. The summed E-state index contributed by atoms with van der Waals surface area (Å²) >= 11 is 7.53. The molecule has 0 saturated heterocycles. The smallest absolute Gasteiger partial charge is 0.270 e. The van der Waals surface area contributed by atoms with Gasteiger partial charge in [0.15, 0.2) is 0 Å². The van der Waals surface area contributed by atoms with Gasteiger partial charge in [-0.25, -0.2) is 0 Å². The van der Waals surface area contributed by atoms with E-state index >= 15 is 0 Å². The predicted octanol–water partition coefficient (Wildman–Crippen LogP) is 3.13. The van der Waals surface area contributed by atoms with Gasteiger partial charge in [0, 0.05) is 30.2 Å². The molecule has 2 N–H and O–H groups in total. The average Bonchev–Trinajstić information content (AvgIpc) is 2.65. The third-order valence-electron chi connectivity index (χ3n) is 3.59. The Morgan fingerprint density at radius 3 is 2.59 bits per heavy atom. The molecule has 1 aromatic heterocycles. The minimum Gasteiger partial charge on any atom is -0.340 e. The minimum absolute atomic E-state index is 0.0557. The number of non-ortho nitro benzene ring substituents is 1. The van der Waals surface area contributed by atoms with Crippen molar-refractivity contribution in [2.75, 3.05) is 17.3 Å². The van der Waals surface area contributed by atoms with Crippen molar-refractivity contribution in [2.24, 2.45) is 0 Å². The van der Waals surface area contributed by atoms with E-state index < -0.39 is 16.9 Å². The second-order valence-electron chi connectivity index (χ2n) is 5.45. The summed E-state index contributed by atoms with van der Waals surface area (Å²) in [4.78, 5) is 39.1. The topological polar surface area (TPSA) is 114 Å². The number of anilines is 1. The van der Waals surface area contributed by atoms with Crippen molar-refractivity contribution in [1.29, 1.82) is 0 Å². The maximum atomic E-state index is 12.5. The van der Waals surface area contributed by atoms with Gasteiger partial charge in [-0.05, 0) is 36.6 Å². The van der Waals surface area contributed by atoms with Crippen LogP contribution >= 0.6 is 23.4 Å². The Labute approximate surface area is 164 Å². The number of aromatic nitrogens is 1. The van der Waals surface area contributed by atoms with E-state index in [4.69, 9.17) is 11.6 Å². The van der Waals surface area contributed by atoms with Crippen LogP contribution in [0.2, 0.25) is 5.02 Å². The fourth-order valence-corrected chi connectivity index (χ4v) is 2.94. The van der Waals surface area contributed by atoms with E-state index in [1.165, 1.54) is 12.1 Å². The Morgan fingerprint density at radius 2 is 2.00 bits per heavy atom. The lowest BCUT2D eigenvalue weighted by molar-refractivity contribution is -0.384. The summed E-state index contributed by atoms with van der Waals surface area (Å²) in [6.45, 7) is 0. The van der Waals surface area contributed by atoms with Gasteiger partial charge in [0.05, 0.1) is 15.5 Å². The molecule has 0 radical (unpaired) electrons. The molecule has 1 atom stereocenters. The van der Waals surface area contributed by atoms with Crippen LogP contribution in [-0.4, -0.2) is 39.8 Å². The molecule has 2 rings (SSSR count). The Bertz CT molecular complexity index is 835. The van der Waals surface area contributed by atoms with Gasteiger partial charge in [-0.15, -0.1) is 0 Å². The third-order valence-corrected chi connectivity index (χ3v) is 4.55. The Balaban J connectivity index is 2.13. The van der Waals surface area contributed by atoms with Crippen LogP contribution in [0.4, 0.5) is 11.4 Å². The highest BCUT2D eigenvalue weighted by molar-refractivity contribution is 7.98. The number of benzene rings is 1. The van der Waals surface area contributed by atoms with Crippen LogP contribution < -0.4 is 10.6 Å². The van der Waals surface area contributed by atoms with Crippen molar-refractivity contribution in [3.8, 4) is 0 Å². The largest absolute Gasteiger partial charge is 0.340 e. The lowest BCUT2D eigenvalue weighted by Gasteiger charge is -2.18. The van der Waals surface area contributed by atoms with Gasteiger partial charge >= 0.3 is 0 Å². The zero-order valence-electron chi connectivity index (χ0n) is 14.3. The second-order valence-corrected chi connectivity index (χ2v) is 6.85. The lowest BCUT2D eigenvalue weighted by Crippen LogP contribution is -2.44. The second kappa shape index (κ2) is 9.89. The molecule has 10 heteroatoms. The van der Waals surface area contributed by atoms with Crippen molar-refractivity contribution in [2.45, 2.75) is 12.5 Å². The van der Waals surface area contributed by atoms with Gasteiger partial charge in [-0.1, -0.05) is 11.6 Å². The fraction of sp³-hybridized carbons (Fsp3) is 0.235. The molecule has 2 amide bonds. The van der Waals surface area contributed by atoms with Gasteiger partial charge in [-0.2, -0.15) is 11.8 Å². The Morgan fingerprint density at radius 1 is 1.30 bits per heavy atom. The molecule has 27 heavy (non-hydrogen) atoms.